The minimum Gasteiger partial charge on any atom is -0.292 e. The van der Waals surface area contributed by atoms with Gasteiger partial charge in [0.25, 0.3) is 0 Å². The van der Waals surface area contributed by atoms with Gasteiger partial charge in [-0.1, -0.05) is 25.7 Å². The van der Waals surface area contributed by atoms with Crippen LogP contribution in [-0.2, 0) is 7.05 Å². The second-order valence-corrected chi connectivity index (χ2v) is 4.58. The first kappa shape index (κ1) is 10.4. The molecule has 15 heavy (non-hydrogen) atoms. The maximum Gasteiger partial charge on any atom is 0.181 e. The molecule has 1 aliphatic carbocycles. The normalized spacial score (nSPS) is 17.2. The Balaban J connectivity index is 2.07. The molecule has 1 saturated carbocycles. The number of carbonyl (C=O) groups excluding carboxylic acids is 1. The topological polar surface area (TPSA) is 34.9 Å². The Labute approximate surface area is 90.5 Å². The van der Waals surface area contributed by atoms with Gasteiger partial charge in [-0.3, -0.25) is 9.48 Å². The van der Waals surface area contributed by atoms with Gasteiger partial charge in [-0.15, -0.1) is 0 Å². The molecule has 0 N–H and O–H groups in total. The van der Waals surface area contributed by atoms with E-state index in [2.05, 4.69) is 5.10 Å². The molecule has 2 rings (SSSR count). The number of aryl methyl sites for hydroxylation is 2. The number of aromatic nitrogens is 2. The maximum absolute atomic E-state index is 12.0. The SMILES string of the molecule is Cc1cnn(C)c1C(=O)CC1CCCC1. The van der Waals surface area contributed by atoms with Crippen LogP contribution in [0.15, 0.2) is 6.20 Å². The van der Waals surface area contributed by atoms with E-state index in [0.29, 0.717) is 12.3 Å². The molecule has 1 aliphatic rings. The van der Waals surface area contributed by atoms with Gasteiger partial charge in [0.2, 0.25) is 0 Å². The third-order valence-corrected chi connectivity index (χ3v) is 3.33. The Morgan fingerprint density at radius 3 is 2.73 bits per heavy atom. The molecule has 1 aromatic heterocycles. The average Bonchev–Trinajstić information content (AvgIpc) is 2.77. The number of ketones is 1. The largest absolute Gasteiger partial charge is 0.292 e. The lowest BCUT2D eigenvalue weighted by molar-refractivity contribution is 0.0952. The molecule has 0 bridgehead atoms. The molecule has 1 aromatic rings. The highest BCUT2D eigenvalue weighted by Crippen LogP contribution is 2.28. The Morgan fingerprint density at radius 1 is 1.53 bits per heavy atom. The number of hydrogen-bond donors (Lipinski definition) is 0. The summed E-state index contributed by atoms with van der Waals surface area (Å²) in [6.45, 7) is 1.95. The van der Waals surface area contributed by atoms with Crippen molar-refractivity contribution in [3.8, 4) is 0 Å². The summed E-state index contributed by atoms with van der Waals surface area (Å²) in [5, 5.41) is 4.11. The third kappa shape index (κ3) is 2.11. The fraction of sp³-hybridized carbons (Fsp3) is 0.667. The Morgan fingerprint density at radius 2 is 2.20 bits per heavy atom. The number of Topliss-reactive ketones (excluding diaryl/α,β-unsaturated/α-hetero) is 1. The first-order valence-corrected chi connectivity index (χ1v) is 5.70. The summed E-state index contributed by atoms with van der Waals surface area (Å²) in [5.74, 6) is 0.881. The number of nitrogens with zero attached hydrogens (tertiary/aromatic N) is 2. The molecule has 1 fully saturated rings. The van der Waals surface area contributed by atoms with Gasteiger partial charge in [0.1, 0.15) is 5.69 Å². The zero-order valence-electron chi connectivity index (χ0n) is 9.49. The Hall–Kier alpha value is -1.12. The summed E-state index contributed by atoms with van der Waals surface area (Å²) in [5.41, 5.74) is 1.79. The van der Waals surface area contributed by atoms with Crippen molar-refractivity contribution in [2.75, 3.05) is 0 Å². The third-order valence-electron chi connectivity index (χ3n) is 3.33. The molecule has 3 nitrogen and oxygen atoms in total. The summed E-state index contributed by atoms with van der Waals surface area (Å²) in [7, 11) is 1.84. The van der Waals surface area contributed by atoms with Crippen molar-refractivity contribution in [2.45, 2.75) is 39.0 Å². The van der Waals surface area contributed by atoms with Crippen LogP contribution in [0.3, 0.4) is 0 Å². The van der Waals surface area contributed by atoms with E-state index in [0.717, 1.165) is 11.3 Å². The number of hydrogen-bond acceptors (Lipinski definition) is 2. The highest BCUT2D eigenvalue weighted by Gasteiger charge is 2.21. The highest BCUT2D eigenvalue weighted by atomic mass is 16.1. The van der Waals surface area contributed by atoms with Gasteiger partial charge in [0, 0.05) is 13.5 Å². The monoisotopic (exact) mass is 206 g/mol. The van der Waals surface area contributed by atoms with Gasteiger partial charge in [-0.25, -0.2) is 0 Å². The zero-order chi connectivity index (χ0) is 10.8. The summed E-state index contributed by atoms with van der Waals surface area (Å²) in [6, 6.07) is 0. The first-order valence-electron chi connectivity index (χ1n) is 5.70. The lowest BCUT2D eigenvalue weighted by atomic mass is 9.98. The summed E-state index contributed by atoms with van der Waals surface area (Å²) >= 11 is 0. The maximum atomic E-state index is 12.0. The fourth-order valence-electron chi connectivity index (χ4n) is 2.52. The van der Waals surface area contributed by atoms with Crippen LogP contribution in [0, 0.1) is 12.8 Å². The van der Waals surface area contributed by atoms with Crippen molar-refractivity contribution in [3.63, 3.8) is 0 Å². The molecule has 0 atom stereocenters. The zero-order valence-corrected chi connectivity index (χ0v) is 9.49. The molecular formula is C12H18N2O. The number of carbonyl (C=O) groups is 1. The van der Waals surface area contributed by atoms with Crippen molar-refractivity contribution in [1.82, 2.24) is 9.78 Å². The van der Waals surface area contributed by atoms with Crippen LogP contribution in [0.4, 0.5) is 0 Å². The van der Waals surface area contributed by atoms with E-state index in [4.69, 9.17) is 0 Å². The minimum absolute atomic E-state index is 0.263. The summed E-state index contributed by atoms with van der Waals surface area (Å²) in [6.07, 6.45) is 7.51. The summed E-state index contributed by atoms with van der Waals surface area (Å²) < 4.78 is 1.70. The second kappa shape index (κ2) is 4.17. The predicted octanol–water partition coefficient (Wildman–Crippen LogP) is 2.49. The van der Waals surface area contributed by atoms with E-state index >= 15 is 0 Å². The molecule has 82 valence electrons. The molecule has 3 heteroatoms. The molecule has 0 spiro atoms. The standard InChI is InChI=1S/C12H18N2O/c1-9-8-13-14(2)12(9)11(15)7-10-5-3-4-6-10/h8,10H,3-7H2,1-2H3. The van der Waals surface area contributed by atoms with Crippen LogP contribution in [-0.4, -0.2) is 15.6 Å². The van der Waals surface area contributed by atoms with Crippen LogP contribution in [0.2, 0.25) is 0 Å². The van der Waals surface area contributed by atoms with E-state index in [1.807, 2.05) is 14.0 Å². The van der Waals surface area contributed by atoms with E-state index in [9.17, 15) is 4.79 Å². The molecule has 0 amide bonds. The summed E-state index contributed by atoms with van der Waals surface area (Å²) in [4.78, 5) is 12.0. The van der Waals surface area contributed by atoms with Gasteiger partial charge >= 0.3 is 0 Å². The van der Waals surface area contributed by atoms with Gasteiger partial charge in [0.15, 0.2) is 5.78 Å². The molecule has 0 radical (unpaired) electrons. The van der Waals surface area contributed by atoms with Gasteiger partial charge in [-0.2, -0.15) is 5.10 Å². The van der Waals surface area contributed by atoms with E-state index in [1.54, 1.807) is 10.9 Å². The Bertz CT molecular complexity index is 342. The predicted molar refractivity (Wildman–Crippen MR) is 58.9 cm³/mol. The second-order valence-electron chi connectivity index (χ2n) is 4.58. The van der Waals surface area contributed by atoms with Crippen molar-refractivity contribution in [2.24, 2.45) is 13.0 Å². The number of rotatable bonds is 3. The van der Waals surface area contributed by atoms with E-state index in [-0.39, 0.29) is 5.78 Å². The Kier molecular flexibility index (Phi) is 2.89. The van der Waals surface area contributed by atoms with Gasteiger partial charge < -0.3 is 0 Å². The molecule has 1 heterocycles. The van der Waals surface area contributed by atoms with Crippen molar-refractivity contribution >= 4 is 5.78 Å². The van der Waals surface area contributed by atoms with Crippen LogP contribution >= 0.6 is 0 Å². The molecular weight excluding hydrogens is 188 g/mol. The highest BCUT2D eigenvalue weighted by molar-refractivity contribution is 5.95. The smallest absolute Gasteiger partial charge is 0.181 e. The van der Waals surface area contributed by atoms with Gasteiger partial charge in [0.05, 0.1) is 6.20 Å². The molecule has 0 aliphatic heterocycles. The van der Waals surface area contributed by atoms with Crippen LogP contribution in [0.1, 0.15) is 48.2 Å². The molecule has 0 saturated heterocycles. The van der Waals surface area contributed by atoms with Crippen LogP contribution < -0.4 is 0 Å². The molecule has 0 aromatic carbocycles. The van der Waals surface area contributed by atoms with Crippen LogP contribution in [0.25, 0.3) is 0 Å². The van der Waals surface area contributed by atoms with Crippen molar-refractivity contribution < 1.29 is 4.79 Å². The van der Waals surface area contributed by atoms with Gasteiger partial charge in [-0.05, 0) is 18.4 Å². The first-order chi connectivity index (χ1) is 7.18. The van der Waals surface area contributed by atoms with Crippen LogP contribution in [0.5, 0.6) is 0 Å². The lowest BCUT2D eigenvalue weighted by Crippen LogP contribution is -2.11. The van der Waals surface area contributed by atoms with E-state index in [1.165, 1.54) is 25.7 Å². The minimum atomic E-state index is 0.263. The quantitative estimate of drug-likeness (QED) is 0.712. The van der Waals surface area contributed by atoms with Crippen molar-refractivity contribution in [3.05, 3.63) is 17.5 Å². The fourth-order valence-corrected chi connectivity index (χ4v) is 2.52. The van der Waals surface area contributed by atoms with Crippen molar-refractivity contribution in [1.29, 1.82) is 0 Å². The average molecular weight is 206 g/mol. The molecule has 0 unspecified atom stereocenters. The lowest BCUT2D eigenvalue weighted by Gasteiger charge is -2.08. The van der Waals surface area contributed by atoms with E-state index < -0.39 is 0 Å².